The van der Waals surface area contributed by atoms with E-state index >= 15 is 0 Å². The molecule has 0 aliphatic heterocycles. The van der Waals surface area contributed by atoms with Crippen molar-refractivity contribution >= 4 is 32.8 Å². The molecule has 0 saturated heterocycles. The lowest BCUT2D eigenvalue weighted by Gasteiger charge is -2.09. The third kappa shape index (κ3) is 2.31. The lowest BCUT2D eigenvalue weighted by molar-refractivity contribution is -0.305. The van der Waals surface area contributed by atoms with Gasteiger partial charge in [0.15, 0.2) is 5.43 Å². The number of aliphatic carboxylic acids is 1. The zero-order valence-electron chi connectivity index (χ0n) is 9.75. The van der Waals surface area contributed by atoms with E-state index in [-0.39, 0.29) is 18.3 Å². The molecule has 1 aromatic carbocycles. The van der Waals surface area contributed by atoms with Crippen molar-refractivity contribution in [1.29, 1.82) is 0 Å². The highest BCUT2D eigenvalue weighted by Crippen LogP contribution is 2.21. The maximum absolute atomic E-state index is 12.3. The average Bonchev–Trinajstić information content (AvgIpc) is 2.30. The Labute approximate surface area is 112 Å². The molecule has 0 bridgehead atoms. The van der Waals surface area contributed by atoms with Crippen molar-refractivity contribution in [2.24, 2.45) is 0 Å². The van der Waals surface area contributed by atoms with Gasteiger partial charge >= 0.3 is 0 Å². The van der Waals surface area contributed by atoms with E-state index in [0.717, 1.165) is 9.99 Å². The fourth-order valence-corrected chi connectivity index (χ4v) is 2.43. The molecule has 5 heteroatoms. The summed E-state index contributed by atoms with van der Waals surface area (Å²) in [5.41, 5.74) is 1.81. The molecule has 4 nitrogen and oxygen atoms in total. The van der Waals surface area contributed by atoms with Crippen LogP contribution in [0.3, 0.4) is 0 Å². The number of carboxylic acid groups (broad SMARTS) is 1. The number of halogens is 1. The van der Waals surface area contributed by atoms with Crippen LogP contribution in [0.25, 0.3) is 10.9 Å². The topological polar surface area (TPSA) is 73.0 Å². The Kier molecular flexibility index (Phi) is 3.52. The lowest BCUT2D eigenvalue weighted by atomic mass is 10.0. The molecular formula is C13H11BrNO3-. The number of fused-ring (bicyclic) bond motifs is 1. The first-order valence-electron chi connectivity index (χ1n) is 5.50. The largest absolute Gasteiger partial charge is 0.550 e. The minimum absolute atomic E-state index is 0.121. The number of carboxylic acids is 1. The monoisotopic (exact) mass is 308 g/mol. The van der Waals surface area contributed by atoms with E-state index in [2.05, 4.69) is 20.9 Å². The number of pyridine rings is 1. The van der Waals surface area contributed by atoms with Gasteiger partial charge in [-0.05, 0) is 47.8 Å². The highest BCUT2D eigenvalue weighted by molar-refractivity contribution is 9.10. The maximum Gasteiger partial charge on any atom is 0.192 e. The molecule has 0 aliphatic carbocycles. The highest BCUT2D eigenvalue weighted by atomic mass is 79.9. The Morgan fingerprint density at radius 1 is 1.44 bits per heavy atom. The molecule has 0 radical (unpaired) electrons. The molecule has 1 aromatic heterocycles. The summed E-state index contributed by atoms with van der Waals surface area (Å²) in [6.07, 6.45) is 0.0371. The van der Waals surface area contributed by atoms with E-state index in [1.54, 1.807) is 19.1 Å². The second-order valence-corrected chi connectivity index (χ2v) is 4.95. The summed E-state index contributed by atoms with van der Waals surface area (Å²) < 4.78 is 0.812. The Morgan fingerprint density at radius 3 is 2.83 bits per heavy atom. The molecule has 0 atom stereocenters. The van der Waals surface area contributed by atoms with E-state index in [9.17, 15) is 14.7 Å². The number of nitrogens with one attached hydrogen (secondary N) is 1. The van der Waals surface area contributed by atoms with Crippen LogP contribution >= 0.6 is 15.9 Å². The first-order valence-corrected chi connectivity index (χ1v) is 6.30. The molecule has 2 aromatic rings. The third-order valence-corrected chi connectivity index (χ3v) is 3.54. The van der Waals surface area contributed by atoms with Gasteiger partial charge in [-0.25, -0.2) is 0 Å². The summed E-state index contributed by atoms with van der Waals surface area (Å²) in [6, 6.07) is 5.35. The van der Waals surface area contributed by atoms with Crippen LogP contribution in [0.2, 0.25) is 0 Å². The standard InChI is InChI=1S/C13H12BrNO3/c1-7-8(5-6-11(16)17)13(18)9-3-2-4-10(14)12(9)15-7/h2-4H,5-6H2,1H3,(H,15,18)(H,16,17)/p-1. The van der Waals surface area contributed by atoms with Gasteiger partial charge in [-0.3, -0.25) is 4.79 Å². The Balaban J connectivity index is 2.62. The normalized spacial score (nSPS) is 10.8. The first-order chi connectivity index (χ1) is 8.50. The van der Waals surface area contributed by atoms with Gasteiger partial charge in [-0.2, -0.15) is 0 Å². The second kappa shape index (κ2) is 4.94. The van der Waals surface area contributed by atoms with Gasteiger partial charge in [0.05, 0.1) is 5.52 Å². The van der Waals surface area contributed by atoms with Crippen LogP contribution in [0.5, 0.6) is 0 Å². The fourth-order valence-electron chi connectivity index (χ4n) is 1.96. The van der Waals surface area contributed by atoms with Crippen molar-refractivity contribution in [1.82, 2.24) is 4.98 Å². The van der Waals surface area contributed by atoms with E-state index < -0.39 is 5.97 Å². The van der Waals surface area contributed by atoms with Crippen molar-refractivity contribution < 1.29 is 9.90 Å². The number of carbonyl (C=O) groups excluding carboxylic acids is 1. The quantitative estimate of drug-likeness (QED) is 0.928. The Bertz CT molecular complexity index is 676. The van der Waals surface area contributed by atoms with Gasteiger partial charge in [-0.1, -0.05) is 6.07 Å². The second-order valence-electron chi connectivity index (χ2n) is 4.09. The van der Waals surface area contributed by atoms with Gasteiger partial charge in [0.1, 0.15) is 0 Å². The summed E-state index contributed by atoms with van der Waals surface area (Å²) in [5, 5.41) is 11.0. The van der Waals surface area contributed by atoms with Crippen LogP contribution < -0.4 is 10.5 Å². The molecule has 0 unspecified atom stereocenters. The summed E-state index contributed by atoms with van der Waals surface area (Å²) in [7, 11) is 0. The summed E-state index contributed by atoms with van der Waals surface area (Å²) in [5.74, 6) is -1.15. The zero-order chi connectivity index (χ0) is 13.3. The molecule has 0 saturated carbocycles. The van der Waals surface area contributed by atoms with Gasteiger partial charge in [0.2, 0.25) is 0 Å². The minimum atomic E-state index is -1.15. The predicted molar refractivity (Wildman–Crippen MR) is 70.3 cm³/mol. The average molecular weight is 309 g/mol. The fraction of sp³-hybridized carbons (Fsp3) is 0.231. The van der Waals surface area contributed by atoms with Gasteiger partial charge < -0.3 is 14.9 Å². The van der Waals surface area contributed by atoms with Crippen LogP contribution in [0, 0.1) is 6.92 Å². The molecule has 0 amide bonds. The number of aryl methyl sites for hydroxylation is 1. The molecule has 94 valence electrons. The Hall–Kier alpha value is -1.62. The van der Waals surface area contributed by atoms with E-state index in [1.165, 1.54) is 0 Å². The molecule has 0 spiro atoms. The molecule has 1 heterocycles. The third-order valence-electron chi connectivity index (χ3n) is 2.88. The maximum atomic E-state index is 12.3. The number of aromatic nitrogens is 1. The van der Waals surface area contributed by atoms with Crippen LogP contribution in [0.1, 0.15) is 17.7 Å². The van der Waals surface area contributed by atoms with Crippen LogP contribution in [0.4, 0.5) is 0 Å². The van der Waals surface area contributed by atoms with Crippen molar-refractivity contribution in [3.63, 3.8) is 0 Å². The van der Waals surface area contributed by atoms with Crippen LogP contribution in [-0.2, 0) is 11.2 Å². The predicted octanol–water partition coefficient (Wildman–Crippen LogP) is 1.28. The van der Waals surface area contributed by atoms with Crippen LogP contribution in [0.15, 0.2) is 27.5 Å². The lowest BCUT2D eigenvalue weighted by Crippen LogP contribution is -2.24. The van der Waals surface area contributed by atoms with Crippen molar-refractivity contribution in [2.75, 3.05) is 0 Å². The molecule has 1 N–H and O–H groups in total. The van der Waals surface area contributed by atoms with Crippen molar-refractivity contribution in [3.8, 4) is 0 Å². The van der Waals surface area contributed by atoms with E-state index in [1.807, 2.05) is 6.07 Å². The number of hydrogen-bond donors (Lipinski definition) is 1. The molecule has 2 rings (SSSR count). The SMILES string of the molecule is Cc1[nH]c2c(Br)cccc2c(=O)c1CCC(=O)[O-]. The van der Waals surface area contributed by atoms with E-state index in [0.29, 0.717) is 16.6 Å². The summed E-state index contributed by atoms with van der Waals surface area (Å²) in [6.45, 7) is 1.77. The van der Waals surface area contributed by atoms with Gasteiger partial charge in [0, 0.05) is 27.1 Å². The molecule has 0 fully saturated rings. The zero-order valence-corrected chi connectivity index (χ0v) is 11.3. The summed E-state index contributed by atoms with van der Waals surface area (Å²) >= 11 is 3.38. The number of H-pyrrole nitrogens is 1. The van der Waals surface area contributed by atoms with Crippen molar-refractivity contribution in [2.45, 2.75) is 19.8 Å². The minimum Gasteiger partial charge on any atom is -0.550 e. The van der Waals surface area contributed by atoms with Crippen molar-refractivity contribution in [3.05, 3.63) is 44.2 Å². The number of hydrogen-bond acceptors (Lipinski definition) is 3. The first kappa shape index (κ1) is 12.8. The number of aromatic amines is 1. The van der Waals surface area contributed by atoms with E-state index in [4.69, 9.17) is 0 Å². The summed E-state index contributed by atoms with van der Waals surface area (Å²) in [4.78, 5) is 25.9. The number of carbonyl (C=O) groups is 1. The molecule has 18 heavy (non-hydrogen) atoms. The number of rotatable bonds is 3. The smallest absolute Gasteiger partial charge is 0.192 e. The van der Waals surface area contributed by atoms with Gasteiger partial charge in [0.25, 0.3) is 0 Å². The number of para-hydroxylation sites is 1. The molecular weight excluding hydrogens is 298 g/mol. The number of benzene rings is 1. The van der Waals surface area contributed by atoms with Gasteiger partial charge in [-0.15, -0.1) is 0 Å². The highest BCUT2D eigenvalue weighted by Gasteiger charge is 2.10. The Morgan fingerprint density at radius 2 is 2.17 bits per heavy atom. The molecule has 0 aliphatic rings. The van der Waals surface area contributed by atoms with Crippen LogP contribution in [-0.4, -0.2) is 11.0 Å².